The Kier molecular flexibility index (Phi) is 2.81. The van der Waals surface area contributed by atoms with Gasteiger partial charge in [0, 0.05) is 11.6 Å². The number of ether oxygens (including phenoxy) is 2. The number of hydrogen-bond donors (Lipinski definition) is 0. The second-order valence-corrected chi connectivity index (χ2v) is 3.39. The van der Waals surface area contributed by atoms with E-state index in [1.807, 2.05) is 12.1 Å². The Morgan fingerprint density at radius 1 is 1.38 bits per heavy atom. The highest BCUT2D eigenvalue weighted by molar-refractivity contribution is 5.73. The first kappa shape index (κ1) is 10.5. The maximum atomic E-state index is 10.3. The lowest BCUT2D eigenvalue weighted by atomic mass is 10.1. The van der Waals surface area contributed by atoms with Gasteiger partial charge in [-0.05, 0) is 13.0 Å². The summed E-state index contributed by atoms with van der Waals surface area (Å²) in [4.78, 5) is 10.3. The largest absolute Gasteiger partial charge is 0.496 e. The fraction of sp³-hybridized carbons (Fsp3) is 0.250. The fourth-order valence-corrected chi connectivity index (χ4v) is 1.75. The predicted molar refractivity (Wildman–Crippen MR) is 57.4 cm³/mol. The van der Waals surface area contributed by atoms with Crippen molar-refractivity contribution >= 4 is 6.47 Å². The van der Waals surface area contributed by atoms with Crippen LogP contribution in [0.15, 0.2) is 28.9 Å². The van der Waals surface area contributed by atoms with Crippen LogP contribution in [0, 0.1) is 0 Å². The second-order valence-electron chi connectivity index (χ2n) is 3.39. The van der Waals surface area contributed by atoms with Crippen molar-refractivity contribution < 1.29 is 18.7 Å². The van der Waals surface area contributed by atoms with Crippen molar-refractivity contribution in [1.82, 2.24) is 0 Å². The summed E-state index contributed by atoms with van der Waals surface area (Å²) < 4.78 is 15.5. The third-order valence-corrected chi connectivity index (χ3v) is 2.53. The van der Waals surface area contributed by atoms with Crippen LogP contribution in [0.5, 0.6) is 5.75 Å². The molecule has 0 aromatic carbocycles. The molecule has 1 aliphatic carbocycles. The second kappa shape index (κ2) is 4.26. The van der Waals surface area contributed by atoms with E-state index >= 15 is 0 Å². The lowest BCUT2D eigenvalue weighted by Crippen LogP contribution is -1.99. The Morgan fingerprint density at radius 3 is 2.88 bits per heavy atom. The van der Waals surface area contributed by atoms with Crippen molar-refractivity contribution in [2.75, 3.05) is 7.11 Å². The predicted octanol–water partition coefficient (Wildman–Crippen LogP) is 2.63. The normalized spacial score (nSPS) is 12.4. The van der Waals surface area contributed by atoms with Crippen LogP contribution in [-0.2, 0) is 9.53 Å². The minimum atomic E-state index is -0.318. The standard InChI is InChI=1S/C12H12O4/c1-8(16-7-13)9-3-4-11-12(9)10(14-2)5-6-15-11/h3-8H,1-2H3. The van der Waals surface area contributed by atoms with Crippen molar-refractivity contribution in [2.45, 2.75) is 13.0 Å². The fourth-order valence-electron chi connectivity index (χ4n) is 1.75. The summed E-state index contributed by atoms with van der Waals surface area (Å²) in [5.74, 6) is 1.43. The van der Waals surface area contributed by atoms with E-state index in [0.29, 0.717) is 12.2 Å². The first-order valence-corrected chi connectivity index (χ1v) is 4.91. The molecule has 16 heavy (non-hydrogen) atoms. The van der Waals surface area contributed by atoms with Gasteiger partial charge < -0.3 is 13.9 Å². The molecule has 0 aromatic rings. The third-order valence-electron chi connectivity index (χ3n) is 2.53. The van der Waals surface area contributed by atoms with Gasteiger partial charge in [0.2, 0.25) is 0 Å². The summed E-state index contributed by atoms with van der Waals surface area (Å²) in [5.41, 5.74) is 1.72. The number of carbonyl (C=O) groups is 1. The number of rotatable bonds is 4. The molecule has 2 rings (SSSR count). The van der Waals surface area contributed by atoms with Crippen LogP contribution in [0.25, 0.3) is 11.3 Å². The summed E-state index contributed by atoms with van der Waals surface area (Å²) in [7, 11) is 1.59. The van der Waals surface area contributed by atoms with Gasteiger partial charge in [-0.25, -0.2) is 0 Å². The SMILES string of the molecule is COc1ccoc2ccc(C(C)OC=O)c1-2. The summed E-state index contributed by atoms with van der Waals surface area (Å²) in [6.07, 6.45) is 1.25. The average molecular weight is 220 g/mol. The molecule has 0 bridgehead atoms. The molecule has 0 fully saturated rings. The zero-order valence-corrected chi connectivity index (χ0v) is 9.10. The maximum absolute atomic E-state index is 10.3. The lowest BCUT2D eigenvalue weighted by Gasteiger charge is -2.13. The van der Waals surface area contributed by atoms with Crippen LogP contribution in [0.3, 0.4) is 0 Å². The van der Waals surface area contributed by atoms with E-state index in [2.05, 4.69) is 0 Å². The maximum Gasteiger partial charge on any atom is 0.293 e. The van der Waals surface area contributed by atoms with Gasteiger partial charge in [0.25, 0.3) is 6.47 Å². The van der Waals surface area contributed by atoms with Gasteiger partial charge in [0.15, 0.2) is 0 Å². The summed E-state index contributed by atoms with van der Waals surface area (Å²) in [6, 6.07) is 5.43. The molecular weight excluding hydrogens is 208 g/mol. The summed E-state index contributed by atoms with van der Waals surface area (Å²) in [6.45, 7) is 2.24. The first-order chi connectivity index (χ1) is 7.77. The van der Waals surface area contributed by atoms with Gasteiger partial charge in [0.05, 0.1) is 18.9 Å². The summed E-state index contributed by atoms with van der Waals surface area (Å²) in [5, 5.41) is 0. The Labute approximate surface area is 93.1 Å². The van der Waals surface area contributed by atoms with E-state index < -0.39 is 0 Å². The Hall–Kier alpha value is -1.97. The molecular formula is C12H12O4. The molecule has 1 unspecified atom stereocenters. The van der Waals surface area contributed by atoms with Gasteiger partial charge in [-0.2, -0.15) is 0 Å². The highest BCUT2D eigenvalue weighted by Crippen LogP contribution is 2.39. The van der Waals surface area contributed by atoms with Crippen LogP contribution in [0.4, 0.5) is 0 Å². The van der Waals surface area contributed by atoms with Gasteiger partial charge in [-0.3, -0.25) is 4.79 Å². The van der Waals surface area contributed by atoms with E-state index in [0.717, 1.165) is 16.9 Å². The molecule has 2 aliphatic rings. The average Bonchev–Trinajstić information content (AvgIpc) is 2.72. The highest BCUT2D eigenvalue weighted by atomic mass is 16.5. The molecule has 1 heterocycles. The first-order valence-electron chi connectivity index (χ1n) is 4.91. The van der Waals surface area contributed by atoms with Crippen LogP contribution in [0.2, 0.25) is 0 Å². The van der Waals surface area contributed by atoms with Crippen molar-refractivity contribution in [3.05, 3.63) is 30.0 Å². The zero-order valence-electron chi connectivity index (χ0n) is 9.10. The van der Waals surface area contributed by atoms with Crippen LogP contribution in [-0.4, -0.2) is 13.6 Å². The van der Waals surface area contributed by atoms with Gasteiger partial charge in [-0.1, -0.05) is 6.07 Å². The topological polar surface area (TPSA) is 48.7 Å². The van der Waals surface area contributed by atoms with Crippen LogP contribution in [0.1, 0.15) is 18.6 Å². The van der Waals surface area contributed by atoms with E-state index in [1.54, 1.807) is 26.4 Å². The van der Waals surface area contributed by atoms with Crippen molar-refractivity contribution in [3.63, 3.8) is 0 Å². The molecule has 1 atom stereocenters. The van der Waals surface area contributed by atoms with Crippen molar-refractivity contribution in [3.8, 4) is 17.1 Å². The number of hydrogen-bond acceptors (Lipinski definition) is 4. The van der Waals surface area contributed by atoms with Gasteiger partial charge in [-0.15, -0.1) is 0 Å². The number of methoxy groups -OCH3 is 1. The van der Waals surface area contributed by atoms with E-state index in [-0.39, 0.29) is 6.10 Å². The Balaban J connectivity index is 2.50. The molecule has 84 valence electrons. The summed E-state index contributed by atoms with van der Waals surface area (Å²) >= 11 is 0. The molecule has 0 radical (unpaired) electrons. The van der Waals surface area contributed by atoms with Gasteiger partial charge >= 0.3 is 0 Å². The number of fused-ring (bicyclic) bond motifs is 1. The molecule has 0 N–H and O–H groups in total. The minimum Gasteiger partial charge on any atom is -0.496 e. The van der Waals surface area contributed by atoms with Crippen LogP contribution < -0.4 is 4.74 Å². The van der Waals surface area contributed by atoms with E-state index in [4.69, 9.17) is 13.9 Å². The molecule has 0 amide bonds. The smallest absolute Gasteiger partial charge is 0.293 e. The third kappa shape index (κ3) is 1.62. The molecule has 4 heteroatoms. The quantitative estimate of drug-likeness (QED) is 0.743. The van der Waals surface area contributed by atoms with Crippen LogP contribution >= 0.6 is 0 Å². The Bertz CT molecular complexity index is 460. The zero-order chi connectivity index (χ0) is 11.5. The molecule has 0 aromatic heterocycles. The minimum absolute atomic E-state index is 0.318. The Morgan fingerprint density at radius 2 is 2.19 bits per heavy atom. The monoisotopic (exact) mass is 220 g/mol. The van der Waals surface area contributed by atoms with Gasteiger partial charge in [0.1, 0.15) is 17.6 Å². The van der Waals surface area contributed by atoms with Crippen molar-refractivity contribution in [2.24, 2.45) is 0 Å². The van der Waals surface area contributed by atoms with E-state index in [1.165, 1.54) is 0 Å². The van der Waals surface area contributed by atoms with Crippen molar-refractivity contribution in [1.29, 1.82) is 0 Å². The number of carbonyl (C=O) groups excluding carboxylic acids is 1. The lowest BCUT2D eigenvalue weighted by molar-refractivity contribution is -0.133. The molecule has 0 saturated heterocycles. The highest BCUT2D eigenvalue weighted by Gasteiger charge is 2.21. The molecule has 4 nitrogen and oxygen atoms in total. The molecule has 0 spiro atoms. The molecule has 1 aliphatic heterocycles. The van der Waals surface area contributed by atoms with E-state index in [9.17, 15) is 4.79 Å². The molecule has 0 saturated carbocycles.